The summed E-state index contributed by atoms with van der Waals surface area (Å²) >= 11 is 0. The first-order chi connectivity index (χ1) is 13.6. The van der Waals surface area contributed by atoms with E-state index in [-0.39, 0.29) is 16.3 Å². The van der Waals surface area contributed by atoms with E-state index in [9.17, 15) is 26.4 Å². The maximum Gasteiger partial charge on any atom is 0.451 e. The average Bonchev–Trinajstić information content (AvgIpc) is 2.67. The minimum Gasteiger partial charge on any atom is -0.381 e. The summed E-state index contributed by atoms with van der Waals surface area (Å²) in [7, 11) is -3.62. The number of ether oxygens (including phenoxy) is 1. The lowest BCUT2D eigenvalue weighted by Gasteiger charge is -2.22. The average molecular weight is 429 g/mol. The maximum absolute atomic E-state index is 12.9. The molecule has 1 aromatic carbocycles. The van der Waals surface area contributed by atoms with Crippen LogP contribution in [0.3, 0.4) is 0 Å². The van der Waals surface area contributed by atoms with Crippen molar-refractivity contribution in [2.24, 2.45) is 0 Å². The van der Waals surface area contributed by atoms with Gasteiger partial charge in [0.05, 0.1) is 10.1 Å². The molecule has 0 unspecified atom stereocenters. The predicted octanol–water partition coefficient (Wildman–Crippen LogP) is 3.01. The lowest BCUT2D eigenvalue weighted by molar-refractivity contribution is -0.145. The van der Waals surface area contributed by atoms with Crippen LogP contribution in [0.5, 0.6) is 0 Å². The van der Waals surface area contributed by atoms with Crippen molar-refractivity contribution in [3.8, 4) is 0 Å². The molecule has 0 spiro atoms. The SMILES string of the molecule is Cc1cc(C(=O)Nc2cccc(S(=O)(=O)C3CCOCC3)c2)nc(C(F)(F)F)n1. The number of aryl methyl sites for hydroxylation is 1. The first-order valence-electron chi connectivity index (χ1n) is 8.73. The molecule has 2 aromatic rings. The van der Waals surface area contributed by atoms with Gasteiger partial charge in [-0.15, -0.1) is 0 Å². The molecule has 1 aliphatic rings. The minimum atomic E-state index is -4.79. The van der Waals surface area contributed by atoms with Gasteiger partial charge >= 0.3 is 6.18 Å². The van der Waals surface area contributed by atoms with E-state index in [1.165, 1.54) is 31.2 Å². The van der Waals surface area contributed by atoms with E-state index in [1.807, 2.05) is 0 Å². The number of rotatable bonds is 4. The Labute approximate surface area is 165 Å². The Morgan fingerprint density at radius 3 is 2.52 bits per heavy atom. The van der Waals surface area contributed by atoms with Gasteiger partial charge in [0.15, 0.2) is 9.84 Å². The lowest BCUT2D eigenvalue weighted by atomic mass is 10.2. The number of hydrogen-bond donors (Lipinski definition) is 1. The second-order valence-electron chi connectivity index (χ2n) is 6.55. The normalized spacial score (nSPS) is 15.9. The summed E-state index contributed by atoms with van der Waals surface area (Å²) in [6, 6.07) is 6.71. The molecule has 7 nitrogen and oxygen atoms in total. The third-order valence-corrected chi connectivity index (χ3v) is 6.63. The van der Waals surface area contributed by atoms with Gasteiger partial charge in [-0.2, -0.15) is 13.2 Å². The molecule has 1 amide bonds. The number of amides is 1. The molecule has 1 N–H and O–H groups in total. The number of sulfone groups is 1. The van der Waals surface area contributed by atoms with Crippen LogP contribution in [0.15, 0.2) is 35.2 Å². The van der Waals surface area contributed by atoms with Crippen molar-refractivity contribution in [1.29, 1.82) is 0 Å². The molecular formula is C18H18F3N3O4S. The number of aromatic nitrogens is 2. The molecule has 0 aliphatic carbocycles. The standard InChI is InChI=1S/C18H18F3N3O4S/c1-11-9-15(24-17(22-11)18(19,20)21)16(25)23-12-3-2-4-14(10-12)29(26,27)13-5-7-28-8-6-13/h2-4,9-10,13H,5-8H2,1H3,(H,23,25). The number of hydrogen-bond acceptors (Lipinski definition) is 6. The number of nitrogens with one attached hydrogen (secondary N) is 1. The second kappa shape index (κ2) is 8.07. The molecule has 0 saturated carbocycles. The highest BCUT2D eigenvalue weighted by molar-refractivity contribution is 7.92. The molecule has 156 valence electrons. The zero-order valence-electron chi connectivity index (χ0n) is 15.4. The van der Waals surface area contributed by atoms with E-state index < -0.39 is 38.7 Å². The number of benzene rings is 1. The van der Waals surface area contributed by atoms with Gasteiger partial charge in [0, 0.05) is 24.6 Å². The van der Waals surface area contributed by atoms with Gasteiger partial charge < -0.3 is 10.1 Å². The Morgan fingerprint density at radius 2 is 1.86 bits per heavy atom. The molecule has 1 aromatic heterocycles. The number of carbonyl (C=O) groups is 1. The molecule has 2 heterocycles. The van der Waals surface area contributed by atoms with E-state index in [4.69, 9.17) is 4.74 Å². The van der Waals surface area contributed by atoms with E-state index >= 15 is 0 Å². The Kier molecular flexibility index (Phi) is 5.90. The summed E-state index contributed by atoms with van der Waals surface area (Å²) in [5.74, 6) is -2.32. The number of anilines is 1. The molecule has 29 heavy (non-hydrogen) atoms. The van der Waals surface area contributed by atoms with Gasteiger partial charge in [-0.05, 0) is 44.0 Å². The Balaban J connectivity index is 1.84. The summed E-state index contributed by atoms with van der Waals surface area (Å²) < 4.78 is 69.3. The lowest BCUT2D eigenvalue weighted by Crippen LogP contribution is -2.29. The van der Waals surface area contributed by atoms with Crippen LogP contribution in [0.2, 0.25) is 0 Å². The van der Waals surface area contributed by atoms with Crippen molar-refractivity contribution in [2.75, 3.05) is 18.5 Å². The van der Waals surface area contributed by atoms with Crippen LogP contribution in [0.25, 0.3) is 0 Å². The highest BCUT2D eigenvalue weighted by Gasteiger charge is 2.35. The summed E-state index contributed by atoms with van der Waals surface area (Å²) in [6.07, 6.45) is -4.04. The largest absolute Gasteiger partial charge is 0.451 e. The summed E-state index contributed by atoms with van der Waals surface area (Å²) in [5.41, 5.74) is -0.358. The van der Waals surface area contributed by atoms with Crippen molar-refractivity contribution in [3.63, 3.8) is 0 Å². The van der Waals surface area contributed by atoms with Crippen LogP contribution in [0.1, 0.15) is 34.8 Å². The van der Waals surface area contributed by atoms with Gasteiger partial charge in [-0.25, -0.2) is 18.4 Å². The minimum absolute atomic E-state index is 0.0201. The topological polar surface area (TPSA) is 98.2 Å². The van der Waals surface area contributed by atoms with E-state index in [2.05, 4.69) is 15.3 Å². The van der Waals surface area contributed by atoms with Crippen molar-refractivity contribution in [2.45, 2.75) is 36.1 Å². The number of alkyl halides is 3. The van der Waals surface area contributed by atoms with Crippen LogP contribution in [-0.4, -0.2) is 42.8 Å². The Morgan fingerprint density at radius 1 is 1.17 bits per heavy atom. The van der Waals surface area contributed by atoms with E-state index in [0.717, 1.165) is 6.07 Å². The first-order valence-corrected chi connectivity index (χ1v) is 10.3. The van der Waals surface area contributed by atoms with Gasteiger partial charge in [0.1, 0.15) is 5.69 Å². The highest BCUT2D eigenvalue weighted by atomic mass is 32.2. The van der Waals surface area contributed by atoms with Gasteiger partial charge in [-0.1, -0.05) is 6.07 Å². The Hall–Kier alpha value is -2.53. The number of carbonyl (C=O) groups excluding carboxylic acids is 1. The predicted molar refractivity (Wildman–Crippen MR) is 97.2 cm³/mol. The van der Waals surface area contributed by atoms with E-state index in [0.29, 0.717) is 26.1 Å². The van der Waals surface area contributed by atoms with Crippen molar-refractivity contribution >= 4 is 21.4 Å². The van der Waals surface area contributed by atoms with Crippen LogP contribution in [0, 0.1) is 6.92 Å². The van der Waals surface area contributed by atoms with Crippen LogP contribution < -0.4 is 5.32 Å². The zero-order valence-corrected chi connectivity index (χ0v) is 16.2. The van der Waals surface area contributed by atoms with Crippen molar-refractivity contribution in [1.82, 2.24) is 9.97 Å². The third kappa shape index (κ3) is 4.91. The van der Waals surface area contributed by atoms with Gasteiger partial charge in [0.25, 0.3) is 5.91 Å². The van der Waals surface area contributed by atoms with Crippen LogP contribution in [-0.2, 0) is 20.8 Å². The van der Waals surface area contributed by atoms with Crippen molar-refractivity contribution in [3.05, 3.63) is 47.5 Å². The first kappa shape index (κ1) is 21.2. The van der Waals surface area contributed by atoms with Gasteiger partial charge in [0.2, 0.25) is 5.82 Å². The Bertz CT molecular complexity index is 1020. The maximum atomic E-state index is 12.9. The summed E-state index contributed by atoms with van der Waals surface area (Å²) in [4.78, 5) is 19.0. The van der Waals surface area contributed by atoms with Crippen LogP contribution in [0.4, 0.5) is 18.9 Å². The number of nitrogens with zero attached hydrogens (tertiary/aromatic N) is 2. The molecule has 1 aliphatic heterocycles. The molecule has 3 rings (SSSR count). The number of halogens is 3. The van der Waals surface area contributed by atoms with Gasteiger partial charge in [-0.3, -0.25) is 4.79 Å². The fourth-order valence-corrected chi connectivity index (χ4v) is 4.69. The summed E-state index contributed by atoms with van der Waals surface area (Å²) in [6.45, 7) is 2.03. The van der Waals surface area contributed by atoms with E-state index in [1.54, 1.807) is 0 Å². The zero-order chi connectivity index (χ0) is 21.2. The highest BCUT2D eigenvalue weighted by Crippen LogP contribution is 2.27. The smallest absolute Gasteiger partial charge is 0.381 e. The molecule has 1 fully saturated rings. The van der Waals surface area contributed by atoms with Crippen molar-refractivity contribution < 1.29 is 31.1 Å². The fourth-order valence-electron chi connectivity index (χ4n) is 2.94. The summed E-state index contributed by atoms with van der Waals surface area (Å²) in [5, 5.41) is 1.81. The molecule has 11 heteroatoms. The molecular weight excluding hydrogens is 411 g/mol. The van der Waals surface area contributed by atoms with Crippen LogP contribution >= 0.6 is 0 Å². The molecule has 0 radical (unpaired) electrons. The molecule has 0 atom stereocenters. The third-order valence-electron chi connectivity index (χ3n) is 4.37. The molecule has 1 saturated heterocycles. The fraction of sp³-hybridized carbons (Fsp3) is 0.389. The molecule has 0 bridgehead atoms. The monoisotopic (exact) mass is 429 g/mol. The quantitative estimate of drug-likeness (QED) is 0.802. The second-order valence-corrected chi connectivity index (χ2v) is 8.78.